The number of phosphoric acid groups is 1. The number of hydrogen-bond donors (Lipinski definition) is 7. The maximum Gasteiger partial charge on any atom is 0.470 e. The second kappa shape index (κ2) is 20.2. The molecule has 11 heteroatoms. The number of phosphoric ester groups is 1. The fourth-order valence-electron chi connectivity index (χ4n) is 3.38. The van der Waals surface area contributed by atoms with Crippen molar-refractivity contribution in [1.29, 1.82) is 5.41 Å². The van der Waals surface area contributed by atoms with Crippen molar-refractivity contribution in [2.75, 3.05) is 6.54 Å². The molecule has 0 fully saturated rings. The van der Waals surface area contributed by atoms with Crippen LogP contribution in [0.3, 0.4) is 0 Å². The number of carboxylic acid groups (broad SMARTS) is 1. The summed E-state index contributed by atoms with van der Waals surface area (Å²) in [6, 6.07) is -0.821. The molecule has 0 rings (SSSR count). The van der Waals surface area contributed by atoms with E-state index in [4.69, 9.17) is 36.3 Å². The molecule has 1 unspecified atom stereocenters. The SMILES string of the molecule is CCCCCCCCC(C)(CCCCCC)OP(=O)(O)O.N=C(N)NCCC[C@H](N)C(=O)O. The summed E-state index contributed by atoms with van der Waals surface area (Å²) in [6.07, 6.45) is 13.9. The van der Waals surface area contributed by atoms with E-state index in [1.807, 2.05) is 6.92 Å². The summed E-state index contributed by atoms with van der Waals surface area (Å²) < 4.78 is 16.3. The molecule has 0 aliphatic rings. The number of guanidine groups is 1. The molecule has 0 aromatic rings. The zero-order valence-corrected chi connectivity index (χ0v) is 21.7. The quantitative estimate of drug-likeness (QED) is 0.0593. The third kappa shape index (κ3) is 25.3. The molecule has 9 N–H and O–H groups in total. The molecule has 0 aliphatic heterocycles. The molecule has 0 aromatic heterocycles. The van der Waals surface area contributed by atoms with Gasteiger partial charge in [0.25, 0.3) is 0 Å². The number of unbranched alkanes of at least 4 members (excludes halogenated alkanes) is 8. The monoisotopic (exact) mass is 496 g/mol. The highest BCUT2D eigenvalue weighted by molar-refractivity contribution is 7.46. The van der Waals surface area contributed by atoms with Gasteiger partial charge in [-0.2, -0.15) is 0 Å². The summed E-state index contributed by atoms with van der Waals surface area (Å²) in [5.41, 5.74) is 9.53. The molecule has 0 radical (unpaired) electrons. The zero-order valence-electron chi connectivity index (χ0n) is 20.9. The minimum Gasteiger partial charge on any atom is -0.480 e. The van der Waals surface area contributed by atoms with Gasteiger partial charge in [-0.1, -0.05) is 78.1 Å². The van der Waals surface area contributed by atoms with Crippen LogP contribution in [0, 0.1) is 5.41 Å². The smallest absolute Gasteiger partial charge is 0.470 e. The van der Waals surface area contributed by atoms with E-state index in [2.05, 4.69) is 19.2 Å². The van der Waals surface area contributed by atoms with Crippen LogP contribution in [0.25, 0.3) is 0 Å². The summed E-state index contributed by atoms with van der Waals surface area (Å²) in [4.78, 5) is 28.5. The Kier molecular flexibility index (Phi) is 20.8. The largest absolute Gasteiger partial charge is 0.480 e. The number of hydrogen-bond acceptors (Lipinski definition) is 5. The van der Waals surface area contributed by atoms with Gasteiger partial charge in [0.05, 0.1) is 5.60 Å². The van der Waals surface area contributed by atoms with Gasteiger partial charge in [0.2, 0.25) is 0 Å². The predicted molar refractivity (Wildman–Crippen MR) is 133 cm³/mol. The number of aliphatic carboxylic acids is 1. The van der Waals surface area contributed by atoms with Crippen molar-refractivity contribution in [2.45, 2.75) is 122 Å². The zero-order chi connectivity index (χ0) is 25.8. The lowest BCUT2D eigenvalue weighted by Crippen LogP contribution is -2.34. The Morgan fingerprint density at radius 3 is 1.88 bits per heavy atom. The van der Waals surface area contributed by atoms with E-state index < -0.39 is 25.4 Å². The van der Waals surface area contributed by atoms with E-state index in [0.717, 1.165) is 44.9 Å². The highest BCUT2D eigenvalue weighted by Gasteiger charge is 2.32. The van der Waals surface area contributed by atoms with Crippen molar-refractivity contribution >= 4 is 19.8 Å². The number of nitrogens with one attached hydrogen (secondary N) is 2. The Morgan fingerprint density at radius 2 is 1.45 bits per heavy atom. The van der Waals surface area contributed by atoms with Crippen molar-refractivity contribution in [3.63, 3.8) is 0 Å². The second-order valence-electron chi connectivity index (χ2n) is 8.79. The maximum atomic E-state index is 11.2. The molecular weight excluding hydrogens is 447 g/mol. The van der Waals surface area contributed by atoms with Gasteiger partial charge < -0.3 is 31.7 Å². The summed E-state index contributed by atoms with van der Waals surface area (Å²) in [6.45, 7) is 6.68. The Morgan fingerprint density at radius 1 is 1.00 bits per heavy atom. The van der Waals surface area contributed by atoms with Crippen molar-refractivity contribution in [3.05, 3.63) is 0 Å². The van der Waals surface area contributed by atoms with Crippen molar-refractivity contribution in [2.24, 2.45) is 11.5 Å². The van der Waals surface area contributed by atoms with Gasteiger partial charge in [-0.25, -0.2) is 4.57 Å². The molecule has 0 amide bonds. The first kappa shape index (κ1) is 34.0. The van der Waals surface area contributed by atoms with Crippen LogP contribution < -0.4 is 16.8 Å². The Balaban J connectivity index is 0. The lowest BCUT2D eigenvalue weighted by Gasteiger charge is -2.30. The van der Waals surface area contributed by atoms with E-state index in [1.54, 1.807) is 0 Å². The Bertz CT molecular complexity index is 561. The highest BCUT2D eigenvalue weighted by Crippen LogP contribution is 2.45. The number of nitrogens with two attached hydrogens (primary N) is 2. The van der Waals surface area contributed by atoms with Crippen LogP contribution in [0.2, 0.25) is 0 Å². The van der Waals surface area contributed by atoms with E-state index in [0.29, 0.717) is 19.4 Å². The van der Waals surface area contributed by atoms with Gasteiger partial charge in [-0.3, -0.25) is 14.7 Å². The normalized spacial score (nSPS) is 14.0. The molecule has 0 aromatic carbocycles. The minimum atomic E-state index is -4.41. The topological polar surface area (TPSA) is 192 Å². The van der Waals surface area contributed by atoms with Crippen LogP contribution in [0.5, 0.6) is 0 Å². The minimum absolute atomic E-state index is 0.112. The van der Waals surface area contributed by atoms with Gasteiger partial charge >= 0.3 is 13.8 Å². The number of carboxylic acids is 1. The molecule has 10 nitrogen and oxygen atoms in total. The van der Waals surface area contributed by atoms with Crippen LogP contribution in [0.1, 0.15) is 111 Å². The fourth-order valence-corrected chi connectivity index (χ4v) is 4.13. The van der Waals surface area contributed by atoms with Crippen molar-refractivity contribution < 1.29 is 28.8 Å². The van der Waals surface area contributed by atoms with Gasteiger partial charge in [0.1, 0.15) is 6.04 Å². The molecule has 2 atom stereocenters. The summed E-state index contributed by atoms with van der Waals surface area (Å²) >= 11 is 0. The molecular formula is C22H49N4O6P. The molecule has 0 saturated heterocycles. The third-order valence-electron chi connectivity index (χ3n) is 5.28. The molecule has 0 bridgehead atoms. The molecule has 0 saturated carbocycles. The van der Waals surface area contributed by atoms with Gasteiger partial charge in [0, 0.05) is 6.54 Å². The predicted octanol–water partition coefficient (Wildman–Crippen LogP) is 4.24. The lowest BCUT2D eigenvalue weighted by atomic mass is 9.91. The van der Waals surface area contributed by atoms with Crippen molar-refractivity contribution in [3.8, 4) is 0 Å². The standard InChI is InChI=1S/C16H35O4P.C6H14N4O2/c1-4-6-8-10-11-13-15-16(3,20-21(17,18)19)14-12-9-7-5-2;7-4(5(11)12)2-1-3-10-6(8)9/h4-15H2,1-3H3,(H2,17,18,19);4H,1-3,7H2,(H,11,12)(H4,8,9,10)/t;4-/m.0/s1. The van der Waals surface area contributed by atoms with Gasteiger partial charge in [-0.05, 0) is 32.6 Å². The van der Waals surface area contributed by atoms with E-state index in [-0.39, 0.29) is 5.96 Å². The summed E-state index contributed by atoms with van der Waals surface area (Å²) in [5, 5.41) is 17.7. The van der Waals surface area contributed by atoms with Crippen LogP contribution in [0.15, 0.2) is 0 Å². The molecule has 198 valence electrons. The molecule has 33 heavy (non-hydrogen) atoms. The molecule has 0 heterocycles. The Labute approximate surface area is 200 Å². The third-order valence-corrected chi connectivity index (χ3v) is 5.96. The molecule has 0 spiro atoms. The van der Waals surface area contributed by atoms with Crippen LogP contribution in [0.4, 0.5) is 0 Å². The van der Waals surface area contributed by atoms with E-state index in [9.17, 15) is 9.36 Å². The first-order valence-electron chi connectivity index (χ1n) is 12.2. The summed E-state index contributed by atoms with van der Waals surface area (Å²) in [5.74, 6) is -1.11. The average molecular weight is 497 g/mol. The van der Waals surface area contributed by atoms with Gasteiger partial charge in [0.15, 0.2) is 5.96 Å². The van der Waals surface area contributed by atoms with E-state index >= 15 is 0 Å². The fraction of sp³-hybridized carbons (Fsp3) is 0.909. The van der Waals surface area contributed by atoms with Crippen LogP contribution in [-0.4, -0.2) is 45.0 Å². The van der Waals surface area contributed by atoms with Crippen LogP contribution >= 0.6 is 7.82 Å². The first-order valence-corrected chi connectivity index (χ1v) is 13.7. The van der Waals surface area contributed by atoms with Gasteiger partial charge in [-0.15, -0.1) is 0 Å². The second-order valence-corrected chi connectivity index (χ2v) is 9.95. The van der Waals surface area contributed by atoms with Crippen molar-refractivity contribution in [1.82, 2.24) is 5.32 Å². The lowest BCUT2D eigenvalue weighted by molar-refractivity contribution is -0.138. The average Bonchev–Trinajstić information content (AvgIpc) is 2.70. The highest BCUT2D eigenvalue weighted by atomic mass is 31.2. The number of rotatable bonds is 19. The number of carbonyl (C=O) groups is 1. The first-order chi connectivity index (χ1) is 15.4. The van der Waals surface area contributed by atoms with E-state index in [1.165, 1.54) is 32.1 Å². The maximum absolute atomic E-state index is 11.2. The molecule has 0 aliphatic carbocycles. The summed E-state index contributed by atoms with van der Waals surface area (Å²) in [7, 11) is -4.41. The Hall–Kier alpha value is -1.19. The van der Waals surface area contributed by atoms with Crippen LogP contribution in [-0.2, 0) is 13.9 Å².